The van der Waals surface area contributed by atoms with Crippen LogP contribution < -0.4 is 22.1 Å². The van der Waals surface area contributed by atoms with E-state index in [1.807, 2.05) is 47.4 Å². The number of anilines is 1. The summed E-state index contributed by atoms with van der Waals surface area (Å²) in [6, 6.07) is 19.7. The van der Waals surface area contributed by atoms with Crippen LogP contribution in [0.5, 0.6) is 0 Å². The van der Waals surface area contributed by atoms with Gasteiger partial charge in [-0.2, -0.15) is 0 Å². The summed E-state index contributed by atoms with van der Waals surface area (Å²) >= 11 is 0. The molecule has 3 aromatic carbocycles. The minimum Gasteiger partial charge on any atom is -0.339 e. The number of nitrogens with zero attached hydrogens (tertiary/aromatic N) is 2. The van der Waals surface area contributed by atoms with Crippen molar-refractivity contribution in [2.45, 2.75) is 32.1 Å². The number of nitrogens with two attached hydrogens (primary N) is 3. The van der Waals surface area contributed by atoms with Crippen LogP contribution in [0.1, 0.15) is 28.4 Å². The molecule has 0 bridgehead atoms. The zero-order valence-corrected chi connectivity index (χ0v) is 16.5. The van der Waals surface area contributed by atoms with Crippen molar-refractivity contribution in [2.24, 2.45) is 17.2 Å². The van der Waals surface area contributed by atoms with Crippen LogP contribution in [-0.4, -0.2) is 11.2 Å². The number of halogens is 2. The largest absolute Gasteiger partial charge is 0.339 e. The van der Waals surface area contributed by atoms with Crippen molar-refractivity contribution >= 4 is 5.69 Å². The molecule has 1 aliphatic heterocycles. The number of rotatable bonds is 5. The summed E-state index contributed by atoms with van der Waals surface area (Å²) in [4.78, 5) is 3.94. The third-order valence-corrected chi connectivity index (χ3v) is 5.51. The molecule has 6 N–H and O–H groups in total. The number of hydrogen-bond acceptors (Lipinski definition) is 5. The number of para-hydroxylation sites is 1. The normalized spacial score (nSPS) is 19.0. The van der Waals surface area contributed by atoms with Gasteiger partial charge in [0.2, 0.25) is 0 Å². The lowest BCUT2D eigenvalue weighted by Gasteiger charge is -2.47. The van der Waals surface area contributed by atoms with Gasteiger partial charge in [0, 0.05) is 30.9 Å². The topological polar surface area (TPSA) is 84.5 Å². The van der Waals surface area contributed by atoms with E-state index in [-0.39, 0.29) is 6.54 Å². The molecule has 5 nitrogen and oxygen atoms in total. The van der Waals surface area contributed by atoms with Crippen molar-refractivity contribution < 1.29 is 8.78 Å². The molecule has 0 fully saturated rings. The number of benzene rings is 3. The van der Waals surface area contributed by atoms with E-state index in [0.29, 0.717) is 18.7 Å². The molecule has 2 unspecified atom stereocenters. The Hall–Kier alpha value is -2.84. The predicted molar refractivity (Wildman–Crippen MR) is 114 cm³/mol. The summed E-state index contributed by atoms with van der Waals surface area (Å²) in [5, 5.41) is 0. The second kappa shape index (κ2) is 8.49. The van der Waals surface area contributed by atoms with E-state index < -0.39 is 24.1 Å². The average Bonchev–Trinajstić information content (AvgIpc) is 2.76. The van der Waals surface area contributed by atoms with E-state index in [4.69, 9.17) is 17.2 Å². The predicted octanol–water partition coefficient (Wildman–Crippen LogP) is 3.15. The van der Waals surface area contributed by atoms with Crippen LogP contribution in [0, 0.1) is 11.6 Å². The van der Waals surface area contributed by atoms with E-state index in [9.17, 15) is 8.78 Å². The molecule has 1 aliphatic rings. The van der Waals surface area contributed by atoms with Crippen LogP contribution in [-0.2, 0) is 19.6 Å². The fraction of sp³-hybridized carbons (Fsp3) is 0.217. The third-order valence-electron chi connectivity index (χ3n) is 5.51. The highest BCUT2D eigenvalue weighted by atomic mass is 19.2. The molecule has 3 aromatic rings. The molecule has 0 radical (unpaired) electrons. The van der Waals surface area contributed by atoms with Crippen molar-refractivity contribution in [3.8, 4) is 0 Å². The van der Waals surface area contributed by atoms with E-state index in [1.54, 1.807) is 6.07 Å². The first-order valence-electron chi connectivity index (χ1n) is 9.82. The van der Waals surface area contributed by atoms with Gasteiger partial charge in [-0.15, -0.1) is 0 Å². The van der Waals surface area contributed by atoms with Crippen molar-refractivity contribution in [3.63, 3.8) is 0 Å². The zero-order valence-electron chi connectivity index (χ0n) is 16.5. The number of fused-ring (bicyclic) bond motifs is 1. The highest BCUT2D eigenvalue weighted by Gasteiger charge is 2.35. The smallest absolute Gasteiger partial charge is 0.159 e. The Bertz CT molecular complexity index is 1040. The highest BCUT2D eigenvalue weighted by Crippen LogP contribution is 2.36. The van der Waals surface area contributed by atoms with Gasteiger partial charge in [-0.05, 0) is 34.9 Å². The molecule has 0 saturated carbocycles. The first kappa shape index (κ1) is 20.4. The average molecular weight is 409 g/mol. The van der Waals surface area contributed by atoms with Crippen molar-refractivity contribution in [1.82, 2.24) is 4.90 Å². The van der Waals surface area contributed by atoms with Gasteiger partial charge in [-0.25, -0.2) is 13.7 Å². The van der Waals surface area contributed by atoms with Crippen LogP contribution in [0.25, 0.3) is 0 Å². The van der Waals surface area contributed by atoms with Crippen LogP contribution >= 0.6 is 0 Å². The maximum absolute atomic E-state index is 13.7. The Morgan fingerprint density at radius 1 is 0.767 bits per heavy atom. The molecule has 1 heterocycles. The number of hydrogen-bond donors (Lipinski definition) is 3. The molecule has 0 spiro atoms. The van der Waals surface area contributed by atoms with Crippen LogP contribution in [0.2, 0.25) is 0 Å². The van der Waals surface area contributed by atoms with Gasteiger partial charge in [0.05, 0.1) is 6.17 Å². The summed E-state index contributed by atoms with van der Waals surface area (Å²) < 4.78 is 27.1. The SMILES string of the molecule is NCc1cccc(CN2c3ccccc3C(N)N(Cc3ccc(F)c(F)c3)C2N)c1. The summed E-state index contributed by atoms with van der Waals surface area (Å²) in [6.07, 6.45) is -1.03. The molecule has 0 saturated heterocycles. The van der Waals surface area contributed by atoms with Gasteiger partial charge < -0.3 is 16.4 Å². The first-order chi connectivity index (χ1) is 14.5. The Morgan fingerprint density at radius 2 is 1.50 bits per heavy atom. The van der Waals surface area contributed by atoms with E-state index >= 15 is 0 Å². The molecule has 4 rings (SSSR count). The molecular formula is C23H25F2N5. The lowest BCUT2D eigenvalue weighted by molar-refractivity contribution is 0.112. The first-order valence-corrected chi connectivity index (χ1v) is 9.82. The standard InChI is InChI=1S/C23H25F2N5/c24-19-9-8-17(11-20(19)25)14-30-22(27)18-6-1-2-7-21(18)29(23(30)28)13-16-5-3-4-15(10-16)12-26/h1-11,22-23H,12-14,26-28H2. The fourth-order valence-corrected chi connectivity index (χ4v) is 3.93. The van der Waals surface area contributed by atoms with Crippen molar-refractivity contribution in [1.29, 1.82) is 0 Å². The van der Waals surface area contributed by atoms with E-state index in [0.717, 1.165) is 28.4 Å². The van der Waals surface area contributed by atoms with Crippen molar-refractivity contribution in [2.75, 3.05) is 4.90 Å². The summed E-state index contributed by atoms with van der Waals surface area (Å²) in [7, 11) is 0. The summed E-state index contributed by atoms with van der Waals surface area (Å²) in [5.41, 5.74) is 23.6. The van der Waals surface area contributed by atoms with Crippen LogP contribution in [0.4, 0.5) is 14.5 Å². The Morgan fingerprint density at radius 3 is 2.27 bits per heavy atom. The quantitative estimate of drug-likeness (QED) is 0.603. The maximum atomic E-state index is 13.7. The molecule has 2 atom stereocenters. The van der Waals surface area contributed by atoms with Gasteiger partial charge in [-0.1, -0.05) is 48.5 Å². The summed E-state index contributed by atoms with van der Waals surface area (Å²) in [6.45, 7) is 1.31. The fourth-order valence-electron chi connectivity index (χ4n) is 3.93. The van der Waals surface area contributed by atoms with Gasteiger partial charge in [0.1, 0.15) is 6.29 Å². The molecule has 0 aliphatic carbocycles. The molecule has 0 amide bonds. The van der Waals surface area contributed by atoms with Gasteiger partial charge in [-0.3, -0.25) is 5.73 Å². The third kappa shape index (κ3) is 3.93. The molecule has 156 valence electrons. The zero-order chi connectivity index (χ0) is 21.3. The Balaban J connectivity index is 1.68. The Labute approximate surface area is 174 Å². The second-order valence-corrected chi connectivity index (χ2v) is 7.49. The van der Waals surface area contributed by atoms with Crippen LogP contribution in [0.15, 0.2) is 66.7 Å². The van der Waals surface area contributed by atoms with Gasteiger partial charge >= 0.3 is 0 Å². The minimum atomic E-state index is -0.887. The lowest BCUT2D eigenvalue weighted by Crippen LogP contribution is -2.59. The summed E-state index contributed by atoms with van der Waals surface area (Å²) in [5.74, 6) is -1.76. The lowest BCUT2D eigenvalue weighted by atomic mass is 10.0. The Kier molecular flexibility index (Phi) is 5.78. The monoisotopic (exact) mass is 409 g/mol. The van der Waals surface area contributed by atoms with E-state index in [1.165, 1.54) is 6.07 Å². The molecule has 30 heavy (non-hydrogen) atoms. The van der Waals surface area contributed by atoms with Gasteiger partial charge in [0.15, 0.2) is 11.6 Å². The van der Waals surface area contributed by atoms with Crippen LogP contribution in [0.3, 0.4) is 0 Å². The van der Waals surface area contributed by atoms with Gasteiger partial charge in [0.25, 0.3) is 0 Å². The van der Waals surface area contributed by atoms with Crippen molar-refractivity contribution in [3.05, 3.63) is 101 Å². The maximum Gasteiger partial charge on any atom is 0.159 e. The molecule has 7 heteroatoms. The molecule has 0 aromatic heterocycles. The second-order valence-electron chi connectivity index (χ2n) is 7.49. The highest BCUT2D eigenvalue weighted by molar-refractivity contribution is 5.57. The minimum absolute atomic E-state index is 0.285. The van der Waals surface area contributed by atoms with E-state index in [2.05, 4.69) is 11.0 Å². The molecular weight excluding hydrogens is 384 g/mol.